The smallest absolute Gasteiger partial charge is 0.328 e. The summed E-state index contributed by atoms with van der Waals surface area (Å²) in [6.45, 7) is 2.24. The van der Waals surface area contributed by atoms with Crippen LogP contribution in [0.1, 0.15) is 71.1 Å². The summed E-state index contributed by atoms with van der Waals surface area (Å²) in [5, 5.41) is 8.39. The predicted molar refractivity (Wildman–Crippen MR) is 86.9 cm³/mol. The molecule has 1 N–H and O–H groups in total. The zero-order valence-electron chi connectivity index (χ0n) is 12.9. The third-order valence-electron chi connectivity index (χ3n) is 3.12. The van der Waals surface area contributed by atoms with E-state index < -0.39 is 5.97 Å². The molecular weight excluding hydrogens is 248 g/mol. The van der Waals surface area contributed by atoms with Crippen molar-refractivity contribution in [2.75, 3.05) is 0 Å². The zero-order chi connectivity index (χ0) is 14.9. The second kappa shape index (κ2) is 15.7. The van der Waals surface area contributed by atoms with Gasteiger partial charge in [0.05, 0.1) is 0 Å². The van der Waals surface area contributed by atoms with E-state index in [2.05, 4.69) is 19.1 Å². The van der Waals surface area contributed by atoms with Crippen molar-refractivity contribution in [2.45, 2.75) is 71.1 Å². The first-order valence-corrected chi connectivity index (χ1v) is 7.98. The molecule has 0 aromatic carbocycles. The average molecular weight is 278 g/mol. The van der Waals surface area contributed by atoms with Crippen LogP contribution in [0.5, 0.6) is 0 Å². The summed E-state index contributed by atoms with van der Waals surface area (Å²) in [5.41, 5.74) is 0. The number of carbonyl (C=O) groups is 1. The van der Waals surface area contributed by atoms with Crippen LogP contribution in [0.2, 0.25) is 0 Å². The van der Waals surface area contributed by atoms with Gasteiger partial charge in [-0.1, -0.05) is 63.0 Å². The van der Waals surface area contributed by atoms with Crippen LogP contribution in [0.25, 0.3) is 0 Å². The highest BCUT2D eigenvalue weighted by atomic mass is 16.4. The van der Waals surface area contributed by atoms with Crippen molar-refractivity contribution in [3.8, 4) is 0 Å². The maximum Gasteiger partial charge on any atom is 0.328 e. The first-order valence-electron chi connectivity index (χ1n) is 7.98. The van der Waals surface area contributed by atoms with Crippen LogP contribution >= 0.6 is 0 Å². The number of carboxylic acids is 1. The van der Waals surface area contributed by atoms with Gasteiger partial charge in [-0.05, 0) is 38.5 Å². The fraction of sp³-hybridized carbons (Fsp3) is 0.611. The molecule has 114 valence electrons. The summed E-state index contributed by atoms with van der Waals surface area (Å²) < 4.78 is 0. The SMILES string of the molecule is CCCCCC=CCCCCCCC=CC=CC(=O)O. The van der Waals surface area contributed by atoms with Crippen molar-refractivity contribution in [1.29, 1.82) is 0 Å². The molecule has 0 heterocycles. The lowest BCUT2D eigenvalue weighted by Crippen LogP contribution is -1.84. The molecule has 0 aliphatic heterocycles. The summed E-state index contributed by atoms with van der Waals surface area (Å²) in [4.78, 5) is 10.2. The lowest BCUT2D eigenvalue weighted by Gasteiger charge is -1.97. The Kier molecular flexibility index (Phi) is 14.7. The molecule has 0 aliphatic rings. The monoisotopic (exact) mass is 278 g/mol. The number of rotatable bonds is 13. The third kappa shape index (κ3) is 16.7. The van der Waals surface area contributed by atoms with Gasteiger partial charge in [-0.15, -0.1) is 0 Å². The molecule has 0 bridgehead atoms. The van der Waals surface area contributed by atoms with Crippen molar-refractivity contribution < 1.29 is 9.90 Å². The summed E-state index contributed by atoms with van der Waals surface area (Å²) in [7, 11) is 0. The van der Waals surface area contributed by atoms with Gasteiger partial charge in [-0.25, -0.2) is 4.79 Å². The highest BCUT2D eigenvalue weighted by molar-refractivity contribution is 5.80. The summed E-state index contributed by atoms with van der Waals surface area (Å²) in [6.07, 6.45) is 23.7. The molecule has 0 unspecified atom stereocenters. The lowest BCUT2D eigenvalue weighted by molar-refractivity contribution is -0.131. The van der Waals surface area contributed by atoms with E-state index in [-0.39, 0.29) is 0 Å². The second-order valence-corrected chi connectivity index (χ2v) is 5.08. The van der Waals surface area contributed by atoms with Crippen molar-refractivity contribution >= 4 is 5.97 Å². The molecule has 0 rings (SSSR count). The Bertz CT molecular complexity index is 301. The van der Waals surface area contributed by atoms with Gasteiger partial charge in [-0.2, -0.15) is 0 Å². The van der Waals surface area contributed by atoms with E-state index in [1.807, 2.05) is 12.2 Å². The topological polar surface area (TPSA) is 37.3 Å². The summed E-state index contributed by atoms with van der Waals surface area (Å²) in [5.74, 6) is -0.891. The summed E-state index contributed by atoms with van der Waals surface area (Å²) in [6, 6.07) is 0. The van der Waals surface area contributed by atoms with Crippen LogP contribution in [0.4, 0.5) is 0 Å². The minimum atomic E-state index is -0.891. The Balaban J connectivity index is 3.22. The zero-order valence-corrected chi connectivity index (χ0v) is 12.9. The minimum Gasteiger partial charge on any atom is -0.478 e. The molecule has 0 amide bonds. The molecule has 0 aromatic rings. The Labute approximate surface area is 124 Å². The molecule has 20 heavy (non-hydrogen) atoms. The Morgan fingerprint density at radius 1 is 0.800 bits per heavy atom. The van der Waals surface area contributed by atoms with Crippen molar-refractivity contribution in [3.63, 3.8) is 0 Å². The molecule has 0 aromatic heterocycles. The minimum absolute atomic E-state index is 0.891. The predicted octanol–water partition coefficient (Wildman–Crippen LogP) is 5.66. The standard InChI is InChI=1S/C18H30O2/c1-2-3-4-5-6-7-8-9-10-11-12-13-14-15-16-17-18(19)20/h6-7,14-17H,2-5,8-13H2,1H3,(H,19,20). The van der Waals surface area contributed by atoms with Crippen LogP contribution < -0.4 is 0 Å². The maximum atomic E-state index is 10.2. The van der Waals surface area contributed by atoms with Crippen LogP contribution in [-0.2, 0) is 4.79 Å². The first kappa shape index (κ1) is 18.7. The molecule has 2 nitrogen and oxygen atoms in total. The molecule has 0 fully saturated rings. The van der Waals surface area contributed by atoms with Crippen LogP contribution in [0, 0.1) is 0 Å². The van der Waals surface area contributed by atoms with E-state index in [0.717, 1.165) is 12.5 Å². The second-order valence-electron chi connectivity index (χ2n) is 5.08. The number of hydrogen-bond acceptors (Lipinski definition) is 1. The van der Waals surface area contributed by atoms with E-state index in [4.69, 9.17) is 5.11 Å². The molecule has 0 saturated heterocycles. The number of hydrogen-bond donors (Lipinski definition) is 1. The largest absolute Gasteiger partial charge is 0.478 e. The highest BCUT2D eigenvalue weighted by Gasteiger charge is 1.88. The molecule has 0 spiro atoms. The van der Waals surface area contributed by atoms with Gasteiger partial charge >= 0.3 is 5.97 Å². The third-order valence-corrected chi connectivity index (χ3v) is 3.12. The van der Waals surface area contributed by atoms with E-state index in [1.165, 1.54) is 57.8 Å². The van der Waals surface area contributed by atoms with Crippen LogP contribution in [0.3, 0.4) is 0 Å². The van der Waals surface area contributed by atoms with E-state index in [9.17, 15) is 4.79 Å². The molecule has 0 atom stereocenters. The van der Waals surface area contributed by atoms with Crippen molar-refractivity contribution in [2.24, 2.45) is 0 Å². The molecular formula is C18H30O2. The van der Waals surface area contributed by atoms with E-state index in [1.54, 1.807) is 6.08 Å². The van der Waals surface area contributed by atoms with Crippen molar-refractivity contribution in [1.82, 2.24) is 0 Å². The lowest BCUT2D eigenvalue weighted by atomic mass is 10.1. The fourth-order valence-electron chi connectivity index (χ4n) is 1.94. The number of aliphatic carboxylic acids is 1. The fourth-order valence-corrected chi connectivity index (χ4v) is 1.94. The quantitative estimate of drug-likeness (QED) is 0.204. The number of unbranched alkanes of at least 4 members (excludes halogenated alkanes) is 8. The summed E-state index contributed by atoms with van der Waals surface area (Å²) >= 11 is 0. The van der Waals surface area contributed by atoms with E-state index >= 15 is 0 Å². The Hall–Kier alpha value is -1.31. The van der Waals surface area contributed by atoms with Crippen LogP contribution in [0.15, 0.2) is 36.5 Å². The van der Waals surface area contributed by atoms with Crippen LogP contribution in [-0.4, -0.2) is 11.1 Å². The number of allylic oxidation sites excluding steroid dienone is 5. The molecule has 0 radical (unpaired) electrons. The maximum absolute atomic E-state index is 10.2. The molecule has 2 heteroatoms. The van der Waals surface area contributed by atoms with Gasteiger partial charge < -0.3 is 5.11 Å². The first-order chi connectivity index (χ1) is 9.77. The van der Waals surface area contributed by atoms with Gasteiger partial charge in [0.15, 0.2) is 0 Å². The molecule has 0 aliphatic carbocycles. The highest BCUT2D eigenvalue weighted by Crippen LogP contribution is 2.07. The van der Waals surface area contributed by atoms with E-state index in [0.29, 0.717) is 0 Å². The van der Waals surface area contributed by atoms with Gasteiger partial charge in [0.25, 0.3) is 0 Å². The van der Waals surface area contributed by atoms with Crippen molar-refractivity contribution in [3.05, 3.63) is 36.5 Å². The Morgan fingerprint density at radius 2 is 1.35 bits per heavy atom. The van der Waals surface area contributed by atoms with Gasteiger partial charge in [0.1, 0.15) is 0 Å². The normalized spacial score (nSPS) is 12.1. The van der Waals surface area contributed by atoms with Gasteiger partial charge in [-0.3, -0.25) is 0 Å². The number of carboxylic acid groups (broad SMARTS) is 1. The molecule has 0 saturated carbocycles. The Morgan fingerprint density at radius 3 is 1.90 bits per heavy atom. The average Bonchev–Trinajstić information content (AvgIpc) is 2.43. The van der Waals surface area contributed by atoms with Gasteiger partial charge in [0, 0.05) is 6.08 Å². The van der Waals surface area contributed by atoms with Gasteiger partial charge in [0.2, 0.25) is 0 Å².